The van der Waals surface area contributed by atoms with E-state index < -0.39 is 0 Å². The fourth-order valence-corrected chi connectivity index (χ4v) is 9.31. The second-order valence-electron chi connectivity index (χ2n) is 13.8. The van der Waals surface area contributed by atoms with Gasteiger partial charge in [0, 0.05) is 42.2 Å². The summed E-state index contributed by atoms with van der Waals surface area (Å²) in [5.41, 5.74) is 11.2. The highest BCUT2D eigenvalue weighted by Gasteiger charge is 2.36. The van der Waals surface area contributed by atoms with Gasteiger partial charge in [0.15, 0.2) is 0 Å². The summed E-state index contributed by atoms with van der Waals surface area (Å²) in [6.07, 6.45) is 0. The molecule has 2 heteroatoms. The molecule has 0 radical (unpaired) electrons. The molecule has 0 amide bonds. The standard InChI is InChI=1S/C47H33NS/c1-47(2)41-18-8-5-16-36(41)37-25-24-34(28-42(37)47)48(43-19-9-6-15-35(43)33-23-22-30-12-3-4-13-31(30)26-33)44-20-11-14-32-27-40-38-17-7-10-21-45(38)49-46(40)29-39(32)44/h3-29H,1-2H3. The normalized spacial score (nSPS) is 13.3. The van der Waals surface area contributed by atoms with E-state index in [1.165, 1.54) is 80.8 Å². The molecule has 8 aromatic carbocycles. The van der Waals surface area contributed by atoms with Gasteiger partial charge in [0.25, 0.3) is 0 Å². The monoisotopic (exact) mass is 643 g/mol. The summed E-state index contributed by atoms with van der Waals surface area (Å²) in [4.78, 5) is 2.51. The van der Waals surface area contributed by atoms with Gasteiger partial charge >= 0.3 is 0 Å². The topological polar surface area (TPSA) is 3.24 Å². The van der Waals surface area contributed by atoms with Gasteiger partial charge in [-0.1, -0.05) is 129 Å². The van der Waals surface area contributed by atoms with E-state index in [1.54, 1.807) is 0 Å². The van der Waals surface area contributed by atoms with Gasteiger partial charge in [-0.15, -0.1) is 11.3 Å². The molecular weight excluding hydrogens is 611 g/mol. The molecule has 0 N–H and O–H groups in total. The minimum Gasteiger partial charge on any atom is -0.309 e. The number of benzene rings is 8. The van der Waals surface area contributed by atoms with Crippen LogP contribution < -0.4 is 4.90 Å². The minimum absolute atomic E-state index is 0.104. The summed E-state index contributed by atoms with van der Waals surface area (Å²) in [7, 11) is 0. The molecule has 0 saturated carbocycles. The molecule has 232 valence electrons. The lowest BCUT2D eigenvalue weighted by molar-refractivity contribution is 0.660. The Labute approximate surface area is 290 Å². The van der Waals surface area contributed by atoms with Crippen molar-refractivity contribution in [2.75, 3.05) is 4.90 Å². The van der Waals surface area contributed by atoms with Crippen LogP contribution in [0.1, 0.15) is 25.0 Å². The third kappa shape index (κ3) is 4.31. The fourth-order valence-electron chi connectivity index (χ4n) is 8.18. The Kier molecular flexibility index (Phi) is 6.16. The van der Waals surface area contributed by atoms with Crippen LogP contribution in [-0.4, -0.2) is 0 Å². The van der Waals surface area contributed by atoms with Gasteiger partial charge in [0.2, 0.25) is 0 Å². The van der Waals surface area contributed by atoms with E-state index in [4.69, 9.17) is 0 Å². The number of hydrogen-bond acceptors (Lipinski definition) is 2. The minimum atomic E-state index is -0.104. The molecule has 10 rings (SSSR count). The van der Waals surface area contributed by atoms with Crippen molar-refractivity contribution in [1.82, 2.24) is 0 Å². The first kappa shape index (κ1) is 28.3. The van der Waals surface area contributed by atoms with Crippen molar-refractivity contribution in [3.05, 3.63) is 175 Å². The number of para-hydroxylation sites is 1. The number of nitrogens with zero attached hydrogens (tertiary/aromatic N) is 1. The molecule has 49 heavy (non-hydrogen) atoms. The lowest BCUT2D eigenvalue weighted by Gasteiger charge is -2.30. The van der Waals surface area contributed by atoms with Gasteiger partial charge in [-0.3, -0.25) is 0 Å². The summed E-state index contributed by atoms with van der Waals surface area (Å²) < 4.78 is 2.64. The van der Waals surface area contributed by atoms with Crippen molar-refractivity contribution < 1.29 is 0 Å². The summed E-state index contributed by atoms with van der Waals surface area (Å²) in [6.45, 7) is 4.73. The highest BCUT2D eigenvalue weighted by molar-refractivity contribution is 7.25. The van der Waals surface area contributed by atoms with Crippen LogP contribution in [0.4, 0.5) is 17.1 Å². The van der Waals surface area contributed by atoms with Gasteiger partial charge in [0.1, 0.15) is 0 Å². The second kappa shape index (κ2) is 10.7. The maximum absolute atomic E-state index is 2.51. The molecule has 0 atom stereocenters. The molecule has 1 aliphatic rings. The zero-order valence-electron chi connectivity index (χ0n) is 27.4. The average Bonchev–Trinajstić information content (AvgIpc) is 3.62. The SMILES string of the molecule is CC1(C)c2ccccc2-c2ccc(N(c3ccccc3-c3ccc4ccccc4c3)c3cccc4cc5c(cc34)sc3ccccc35)cc21. The van der Waals surface area contributed by atoms with Crippen LogP contribution in [0.3, 0.4) is 0 Å². The van der Waals surface area contributed by atoms with E-state index >= 15 is 0 Å². The number of fused-ring (bicyclic) bond motifs is 8. The van der Waals surface area contributed by atoms with Gasteiger partial charge < -0.3 is 4.90 Å². The third-order valence-corrected chi connectivity index (χ3v) is 11.8. The number of thiophene rings is 1. The van der Waals surface area contributed by atoms with E-state index in [1.807, 2.05) is 11.3 Å². The van der Waals surface area contributed by atoms with E-state index in [9.17, 15) is 0 Å². The molecular formula is C47H33NS. The Morgan fingerprint density at radius 2 is 1.14 bits per heavy atom. The highest BCUT2D eigenvalue weighted by Crippen LogP contribution is 2.52. The Morgan fingerprint density at radius 3 is 2.06 bits per heavy atom. The maximum Gasteiger partial charge on any atom is 0.0540 e. The maximum atomic E-state index is 2.51. The molecule has 0 fully saturated rings. The molecule has 1 nitrogen and oxygen atoms in total. The molecule has 0 saturated heterocycles. The quantitative estimate of drug-likeness (QED) is 0.184. The molecule has 9 aromatic rings. The highest BCUT2D eigenvalue weighted by atomic mass is 32.1. The van der Waals surface area contributed by atoms with Gasteiger partial charge in [-0.25, -0.2) is 0 Å². The van der Waals surface area contributed by atoms with Crippen molar-refractivity contribution in [3.63, 3.8) is 0 Å². The molecule has 0 unspecified atom stereocenters. The number of anilines is 3. The van der Waals surface area contributed by atoms with Crippen LogP contribution in [0.5, 0.6) is 0 Å². The van der Waals surface area contributed by atoms with Crippen LogP contribution in [0.25, 0.3) is 64.0 Å². The van der Waals surface area contributed by atoms with E-state index in [-0.39, 0.29) is 5.41 Å². The molecule has 0 aliphatic heterocycles. The van der Waals surface area contributed by atoms with Crippen molar-refractivity contribution in [2.24, 2.45) is 0 Å². The first-order chi connectivity index (χ1) is 24.0. The Balaban J connectivity index is 1.25. The summed E-state index contributed by atoms with van der Waals surface area (Å²) in [5, 5.41) is 7.64. The first-order valence-corrected chi connectivity index (χ1v) is 17.8. The molecule has 1 heterocycles. The summed E-state index contributed by atoms with van der Waals surface area (Å²) in [6, 6.07) is 60.8. The van der Waals surface area contributed by atoms with Crippen molar-refractivity contribution >= 4 is 70.1 Å². The average molecular weight is 644 g/mol. The first-order valence-electron chi connectivity index (χ1n) is 17.0. The lowest BCUT2D eigenvalue weighted by atomic mass is 9.82. The van der Waals surface area contributed by atoms with Crippen molar-refractivity contribution in [3.8, 4) is 22.3 Å². The molecule has 0 spiro atoms. The predicted molar refractivity (Wildman–Crippen MR) is 212 cm³/mol. The van der Waals surface area contributed by atoms with E-state index in [0.29, 0.717) is 0 Å². The smallest absolute Gasteiger partial charge is 0.0540 e. The Bertz CT molecular complexity index is 2770. The molecule has 1 aliphatic carbocycles. The van der Waals surface area contributed by atoms with Crippen LogP contribution in [0.2, 0.25) is 0 Å². The van der Waals surface area contributed by atoms with Gasteiger partial charge in [-0.2, -0.15) is 0 Å². The van der Waals surface area contributed by atoms with Crippen LogP contribution >= 0.6 is 11.3 Å². The predicted octanol–water partition coefficient (Wildman–Crippen LogP) is 13.8. The Hall–Kier alpha value is -5.70. The van der Waals surface area contributed by atoms with E-state index in [2.05, 4.69) is 183 Å². The largest absolute Gasteiger partial charge is 0.309 e. The summed E-state index contributed by atoms with van der Waals surface area (Å²) >= 11 is 1.88. The number of hydrogen-bond donors (Lipinski definition) is 0. The molecule has 1 aromatic heterocycles. The van der Waals surface area contributed by atoms with Crippen molar-refractivity contribution in [2.45, 2.75) is 19.3 Å². The zero-order valence-corrected chi connectivity index (χ0v) is 28.3. The number of rotatable bonds is 4. The lowest BCUT2D eigenvalue weighted by Crippen LogP contribution is -2.17. The molecule has 0 bridgehead atoms. The van der Waals surface area contributed by atoms with Gasteiger partial charge in [-0.05, 0) is 92.5 Å². The van der Waals surface area contributed by atoms with Crippen LogP contribution in [0, 0.1) is 0 Å². The summed E-state index contributed by atoms with van der Waals surface area (Å²) in [5.74, 6) is 0. The van der Waals surface area contributed by atoms with Crippen LogP contribution in [-0.2, 0) is 5.41 Å². The fraction of sp³-hybridized carbons (Fsp3) is 0.0638. The second-order valence-corrected chi connectivity index (χ2v) is 14.8. The van der Waals surface area contributed by atoms with Gasteiger partial charge in [0.05, 0.1) is 11.4 Å². The van der Waals surface area contributed by atoms with Crippen LogP contribution in [0.15, 0.2) is 164 Å². The third-order valence-electron chi connectivity index (χ3n) is 10.6. The van der Waals surface area contributed by atoms with E-state index in [0.717, 1.165) is 11.4 Å². The zero-order chi connectivity index (χ0) is 32.7. The van der Waals surface area contributed by atoms with Crippen molar-refractivity contribution in [1.29, 1.82) is 0 Å². The Morgan fingerprint density at radius 1 is 0.429 bits per heavy atom.